The summed E-state index contributed by atoms with van der Waals surface area (Å²) >= 11 is 5.21. The van der Waals surface area contributed by atoms with E-state index in [9.17, 15) is 4.79 Å². The van der Waals surface area contributed by atoms with Gasteiger partial charge in [0, 0.05) is 23.9 Å². The van der Waals surface area contributed by atoms with Crippen LogP contribution in [0.25, 0.3) is 0 Å². The zero-order valence-electron chi connectivity index (χ0n) is 8.19. The molecule has 2 unspecified atom stereocenters. The number of H-pyrrole nitrogens is 1. The number of imidazole rings is 1. The van der Waals surface area contributed by atoms with Crippen LogP contribution in [0.1, 0.15) is 30.1 Å². The van der Waals surface area contributed by atoms with Gasteiger partial charge in [-0.3, -0.25) is 4.79 Å². The van der Waals surface area contributed by atoms with Crippen LogP contribution < -0.4 is 0 Å². The zero-order chi connectivity index (χ0) is 10.6. The second-order valence-corrected chi connectivity index (χ2v) is 4.79. The van der Waals surface area contributed by atoms with Crippen LogP contribution in [0.2, 0.25) is 0 Å². The van der Waals surface area contributed by atoms with Gasteiger partial charge >= 0.3 is 5.97 Å². The lowest BCUT2D eigenvalue weighted by Crippen LogP contribution is -2.01. The summed E-state index contributed by atoms with van der Waals surface area (Å²) in [4.78, 5) is 13.7. The summed E-state index contributed by atoms with van der Waals surface area (Å²) in [6, 6.07) is 0. The molecule has 1 aliphatic heterocycles. The Bertz CT molecular complexity index is 488. The first-order chi connectivity index (χ1) is 7.16. The molecule has 3 rings (SSSR count). The molecule has 2 N–H and O–H groups in total. The van der Waals surface area contributed by atoms with Crippen LogP contribution in [0, 0.1) is 10.7 Å². The molecule has 80 valence electrons. The van der Waals surface area contributed by atoms with Crippen molar-refractivity contribution in [2.75, 3.05) is 0 Å². The van der Waals surface area contributed by atoms with Crippen LogP contribution in [0.5, 0.6) is 0 Å². The van der Waals surface area contributed by atoms with Gasteiger partial charge in [-0.05, 0) is 31.0 Å². The molecule has 0 saturated heterocycles. The fourth-order valence-electron chi connectivity index (χ4n) is 2.58. The third-order valence-corrected chi connectivity index (χ3v) is 3.71. The molecular weight excluding hydrogens is 212 g/mol. The van der Waals surface area contributed by atoms with E-state index in [-0.39, 0.29) is 6.42 Å². The number of aliphatic carboxylic acids is 1. The topological polar surface area (TPSA) is 58.0 Å². The highest BCUT2D eigenvalue weighted by Crippen LogP contribution is 2.54. The minimum absolute atomic E-state index is 0.180. The molecule has 0 spiro atoms. The molecule has 15 heavy (non-hydrogen) atoms. The average Bonchev–Trinajstić information content (AvgIpc) is 2.72. The van der Waals surface area contributed by atoms with Gasteiger partial charge in [0.05, 0.1) is 6.42 Å². The lowest BCUT2D eigenvalue weighted by molar-refractivity contribution is -0.136. The number of carbonyl (C=O) groups is 1. The van der Waals surface area contributed by atoms with E-state index < -0.39 is 5.97 Å². The van der Waals surface area contributed by atoms with Crippen LogP contribution in [-0.4, -0.2) is 20.6 Å². The highest BCUT2D eigenvalue weighted by atomic mass is 32.1. The molecule has 1 aliphatic carbocycles. The first-order valence-electron chi connectivity index (χ1n) is 5.20. The second-order valence-electron chi connectivity index (χ2n) is 4.40. The highest BCUT2D eigenvalue weighted by Gasteiger charge is 2.47. The molecular formula is C10H12N2O2S. The molecule has 2 aliphatic rings. The van der Waals surface area contributed by atoms with E-state index in [1.54, 1.807) is 0 Å². The van der Waals surface area contributed by atoms with Crippen LogP contribution in [0.4, 0.5) is 0 Å². The molecule has 0 bridgehead atoms. The first-order valence-corrected chi connectivity index (χ1v) is 5.61. The molecule has 1 aromatic heterocycles. The van der Waals surface area contributed by atoms with E-state index >= 15 is 0 Å². The van der Waals surface area contributed by atoms with E-state index in [2.05, 4.69) is 9.55 Å². The van der Waals surface area contributed by atoms with Gasteiger partial charge in [-0.25, -0.2) is 0 Å². The Hall–Kier alpha value is -1.10. The van der Waals surface area contributed by atoms with Gasteiger partial charge in [0.25, 0.3) is 0 Å². The molecule has 0 amide bonds. The Balaban J connectivity index is 1.92. The summed E-state index contributed by atoms with van der Waals surface area (Å²) in [5.41, 5.74) is 2.33. The molecule has 1 aromatic rings. The number of aromatic nitrogens is 2. The number of hydrogen-bond acceptors (Lipinski definition) is 2. The fourth-order valence-corrected chi connectivity index (χ4v) is 2.88. The smallest absolute Gasteiger partial charge is 0.303 e. The van der Waals surface area contributed by atoms with Crippen molar-refractivity contribution in [2.45, 2.75) is 31.7 Å². The van der Waals surface area contributed by atoms with Crippen molar-refractivity contribution in [3.63, 3.8) is 0 Å². The van der Waals surface area contributed by atoms with Crippen molar-refractivity contribution >= 4 is 18.2 Å². The minimum Gasteiger partial charge on any atom is -0.481 e. The fraction of sp³-hybridized carbons (Fsp3) is 0.600. The lowest BCUT2D eigenvalue weighted by Gasteiger charge is -2.01. The van der Waals surface area contributed by atoms with Gasteiger partial charge in [0.2, 0.25) is 0 Å². The summed E-state index contributed by atoms with van der Waals surface area (Å²) in [5.74, 6) is 0.682. The number of fused-ring (bicyclic) bond motifs is 3. The van der Waals surface area contributed by atoms with Crippen molar-refractivity contribution in [3.05, 3.63) is 16.2 Å². The number of rotatable bonds is 3. The SMILES string of the molecule is O=C(O)CCc1[nH]c(=S)n2c1C1CC1C2. The monoisotopic (exact) mass is 224 g/mol. The quantitative estimate of drug-likeness (QED) is 0.768. The highest BCUT2D eigenvalue weighted by molar-refractivity contribution is 7.71. The minimum atomic E-state index is -0.750. The van der Waals surface area contributed by atoms with Gasteiger partial charge in [-0.1, -0.05) is 0 Å². The van der Waals surface area contributed by atoms with Gasteiger partial charge in [-0.15, -0.1) is 0 Å². The largest absolute Gasteiger partial charge is 0.481 e. The van der Waals surface area contributed by atoms with Gasteiger partial charge in [-0.2, -0.15) is 0 Å². The molecule has 1 saturated carbocycles. The van der Waals surface area contributed by atoms with Crippen molar-refractivity contribution in [3.8, 4) is 0 Å². The third-order valence-electron chi connectivity index (χ3n) is 3.38. The van der Waals surface area contributed by atoms with Gasteiger partial charge in [0.15, 0.2) is 4.77 Å². The maximum atomic E-state index is 10.5. The van der Waals surface area contributed by atoms with E-state index in [1.165, 1.54) is 12.1 Å². The molecule has 5 heteroatoms. The molecule has 0 radical (unpaired) electrons. The van der Waals surface area contributed by atoms with Crippen molar-refractivity contribution < 1.29 is 9.90 Å². The van der Waals surface area contributed by atoms with Crippen LogP contribution in [-0.2, 0) is 17.8 Å². The maximum Gasteiger partial charge on any atom is 0.303 e. The number of hydrogen-bond donors (Lipinski definition) is 2. The molecule has 0 aromatic carbocycles. The summed E-state index contributed by atoms with van der Waals surface area (Å²) in [7, 11) is 0. The Morgan fingerprint density at radius 2 is 2.47 bits per heavy atom. The Morgan fingerprint density at radius 3 is 3.20 bits per heavy atom. The number of aromatic amines is 1. The Morgan fingerprint density at radius 1 is 1.67 bits per heavy atom. The standard InChI is InChI=1S/C10H12N2O2S/c13-8(14)2-1-7-9-6-3-5(6)4-12(9)10(15)11-7/h5-6H,1-4H2,(H,11,15)(H,13,14). The number of aryl methyl sites for hydroxylation is 1. The maximum absolute atomic E-state index is 10.5. The van der Waals surface area contributed by atoms with Crippen molar-refractivity contribution in [2.24, 2.45) is 5.92 Å². The van der Waals surface area contributed by atoms with E-state index in [1.807, 2.05) is 0 Å². The van der Waals surface area contributed by atoms with E-state index in [0.717, 1.165) is 22.9 Å². The predicted molar refractivity (Wildman–Crippen MR) is 56.4 cm³/mol. The number of nitrogens with one attached hydrogen (secondary N) is 1. The predicted octanol–water partition coefficient (Wildman–Crippen LogP) is 1.68. The Labute approximate surface area is 91.9 Å². The van der Waals surface area contributed by atoms with Gasteiger partial charge in [0.1, 0.15) is 0 Å². The van der Waals surface area contributed by atoms with Crippen molar-refractivity contribution in [1.82, 2.24) is 9.55 Å². The normalized spacial score (nSPS) is 26.1. The van der Waals surface area contributed by atoms with Crippen molar-refractivity contribution in [1.29, 1.82) is 0 Å². The summed E-state index contributed by atoms with van der Waals surface area (Å²) in [6.07, 6.45) is 2.01. The zero-order valence-corrected chi connectivity index (χ0v) is 9.01. The lowest BCUT2D eigenvalue weighted by atomic mass is 10.1. The number of carboxylic acids is 1. The Kier molecular flexibility index (Phi) is 1.80. The average molecular weight is 224 g/mol. The molecule has 4 nitrogen and oxygen atoms in total. The van der Waals surface area contributed by atoms with Crippen LogP contribution in [0.3, 0.4) is 0 Å². The summed E-state index contributed by atoms with van der Waals surface area (Å²) in [5, 5.41) is 8.66. The molecule has 1 fully saturated rings. The summed E-state index contributed by atoms with van der Waals surface area (Å²) in [6.45, 7) is 1.03. The van der Waals surface area contributed by atoms with Gasteiger partial charge < -0.3 is 14.7 Å². The van der Waals surface area contributed by atoms with Crippen LogP contribution in [0.15, 0.2) is 0 Å². The molecule has 2 atom stereocenters. The summed E-state index contributed by atoms with van der Waals surface area (Å²) < 4.78 is 2.91. The first kappa shape index (κ1) is 9.15. The van der Waals surface area contributed by atoms with E-state index in [4.69, 9.17) is 17.3 Å². The number of nitrogens with zero attached hydrogens (tertiary/aromatic N) is 1. The van der Waals surface area contributed by atoms with E-state index in [0.29, 0.717) is 12.3 Å². The number of carboxylic acid groups (broad SMARTS) is 1. The van der Waals surface area contributed by atoms with Crippen LogP contribution >= 0.6 is 12.2 Å². The molecule has 2 heterocycles. The third kappa shape index (κ3) is 1.33. The second kappa shape index (κ2) is 2.95.